The van der Waals surface area contributed by atoms with Crippen molar-refractivity contribution >= 4 is 6.09 Å². The molecule has 1 heterocycles. The van der Waals surface area contributed by atoms with E-state index in [1.165, 1.54) is 12.1 Å². The Bertz CT molecular complexity index is 482. The molecule has 0 saturated carbocycles. The molecule has 21 heavy (non-hydrogen) atoms. The molecule has 0 aromatic heterocycles. The third-order valence-corrected chi connectivity index (χ3v) is 3.35. The predicted octanol–water partition coefficient (Wildman–Crippen LogP) is 3.27. The number of halogens is 1. The van der Waals surface area contributed by atoms with E-state index in [0.29, 0.717) is 6.54 Å². The predicted molar refractivity (Wildman–Crippen MR) is 79.2 cm³/mol. The Morgan fingerprint density at radius 3 is 2.67 bits per heavy atom. The van der Waals surface area contributed by atoms with Crippen molar-refractivity contribution < 1.29 is 13.9 Å². The highest BCUT2D eigenvalue weighted by Crippen LogP contribution is 2.19. The Kier molecular flexibility index (Phi) is 4.83. The molecule has 0 bridgehead atoms. The third-order valence-electron chi connectivity index (χ3n) is 3.35. The number of hydrogen-bond donors (Lipinski definition) is 1. The van der Waals surface area contributed by atoms with Crippen molar-refractivity contribution in [3.8, 4) is 0 Å². The Labute approximate surface area is 125 Å². The van der Waals surface area contributed by atoms with Crippen LogP contribution in [0.5, 0.6) is 0 Å². The normalized spacial score (nSPS) is 19.5. The van der Waals surface area contributed by atoms with E-state index in [0.717, 1.165) is 24.9 Å². The van der Waals surface area contributed by atoms with Gasteiger partial charge < -0.3 is 10.1 Å². The van der Waals surface area contributed by atoms with Crippen LogP contribution in [-0.4, -0.2) is 29.3 Å². The summed E-state index contributed by atoms with van der Waals surface area (Å²) >= 11 is 0. The molecule has 0 aliphatic carbocycles. The molecule has 1 saturated heterocycles. The average molecular weight is 294 g/mol. The molecular weight excluding hydrogens is 271 g/mol. The maximum Gasteiger partial charge on any atom is 0.408 e. The topological polar surface area (TPSA) is 41.6 Å². The van der Waals surface area contributed by atoms with Crippen LogP contribution in [0.15, 0.2) is 24.3 Å². The molecule has 1 fully saturated rings. The lowest BCUT2D eigenvalue weighted by Crippen LogP contribution is -2.45. The second kappa shape index (κ2) is 6.43. The standard InChI is InChI=1S/C16H23FN2O2/c1-16(2,3)21-15(20)18-14-5-4-10-19(14)11-12-6-8-13(17)9-7-12/h6-9,14H,4-5,10-11H2,1-3H3,(H,18,20). The van der Waals surface area contributed by atoms with Gasteiger partial charge in [0.25, 0.3) is 0 Å². The van der Waals surface area contributed by atoms with Crippen LogP contribution in [0.4, 0.5) is 9.18 Å². The van der Waals surface area contributed by atoms with E-state index in [2.05, 4.69) is 10.2 Å². The highest BCUT2D eigenvalue weighted by Gasteiger charge is 2.27. The number of likely N-dealkylation sites (tertiary alicyclic amines) is 1. The summed E-state index contributed by atoms with van der Waals surface area (Å²) in [5, 5.41) is 2.91. The molecule has 1 unspecified atom stereocenters. The summed E-state index contributed by atoms with van der Waals surface area (Å²) in [6.07, 6.45) is 1.52. The lowest BCUT2D eigenvalue weighted by Gasteiger charge is -2.27. The Morgan fingerprint density at radius 2 is 2.05 bits per heavy atom. The van der Waals surface area contributed by atoms with Crippen molar-refractivity contribution in [3.63, 3.8) is 0 Å². The number of ether oxygens (including phenoxy) is 1. The van der Waals surface area contributed by atoms with Crippen molar-refractivity contribution in [1.29, 1.82) is 0 Å². The number of alkyl carbamates (subject to hydrolysis) is 1. The molecule has 116 valence electrons. The quantitative estimate of drug-likeness (QED) is 0.930. The molecule has 5 heteroatoms. The van der Waals surface area contributed by atoms with Crippen LogP contribution in [0.3, 0.4) is 0 Å². The minimum Gasteiger partial charge on any atom is -0.444 e. The van der Waals surface area contributed by atoms with Crippen LogP contribution in [-0.2, 0) is 11.3 Å². The van der Waals surface area contributed by atoms with Crippen molar-refractivity contribution in [2.24, 2.45) is 0 Å². The summed E-state index contributed by atoms with van der Waals surface area (Å²) in [7, 11) is 0. The number of benzene rings is 1. The van der Waals surface area contributed by atoms with E-state index in [4.69, 9.17) is 4.74 Å². The minimum atomic E-state index is -0.496. The zero-order chi connectivity index (χ0) is 15.5. The van der Waals surface area contributed by atoms with Gasteiger partial charge in [0.05, 0.1) is 6.17 Å². The maximum absolute atomic E-state index is 12.9. The highest BCUT2D eigenvalue weighted by atomic mass is 19.1. The van der Waals surface area contributed by atoms with E-state index in [1.807, 2.05) is 20.8 Å². The Balaban J connectivity index is 1.91. The third kappa shape index (κ3) is 5.01. The molecule has 1 amide bonds. The first-order valence-electron chi connectivity index (χ1n) is 7.31. The summed E-state index contributed by atoms with van der Waals surface area (Å²) in [5.74, 6) is -0.233. The van der Waals surface area contributed by atoms with E-state index in [1.54, 1.807) is 12.1 Å². The molecule has 1 aromatic carbocycles. The van der Waals surface area contributed by atoms with Crippen LogP contribution in [0.25, 0.3) is 0 Å². The number of nitrogens with zero attached hydrogens (tertiary/aromatic N) is 1. The molecule has 0 spiro atoms. The van der Waals surface area contributed by atoms with Crippen LogP contribution in [0, 0.1) is 5.82 Å². The monoisotopic (exact) mass is 294 g/mol. The maximum atomic E-state index is 12.9. The van der Waals surface area contributed by atoms with Crippen molar-refractivity contribution in [3.05, 3.63) is 35.6 Å². The van der Waals surface area contributed by atoms with Gasteiger partial charge in [0.2, 0.25) is 0 Å². The zero-order valence-corrected chi connectivity index (χ0v) is 12.9. The first-order valence-corrected chi connectivity index (χ1v) is 7.31. The smallest absolute Gasteiger partial charge is 0.408 e. The molecule has 1 aliphatic heterocycles. The first-order chi connectivity index (χ1) is 9.83. The van der Waals surface area contributed by atoms with Crippen LogP contribution >= 0.6 is 0 Å². The molecule has 2 rings (SSSR count). The molecule has 1 N–H and O–H groups in total. The Morgan fingerprint density at radius 1 is 1.38 bits per heavy atom. The second-order valence-electron chi connectivity index (χ2n) is 6.40. The molecule has 4 nitrogen and oxygen atoms in total. The van der Waals surface area contributed by atoms with Gasteiger partial charge in [0.1, 0.15) is 11.4 Å². The molecular formula is C16H23FN2O2. The number of rotatable bonds is 3. The lowest BCUT2D eigenvalue weighted by atomic mass is 10.2. The van der Waals surface area contributed by atoms with Gasteiger partial charge in [-0.3, -0.25) is 4.90 Å². The minimum absolute atomic E-state index is 0.0232. The first kappa shape index (κ1) is 15.8. The molecule has 0 radical (unpaired) electrons. The molecule has 1 aliphatic rings. The second-order valence-corrected chi connectivity index (χ2v) is 6.40. The van der Waals surface area contributed by atoms with Gasteiger partial charge in [-0.2, -0.15) is 0 Å². The summed E-state index contributed by atoms with van der Waals surface area (Å²) in [4.78, 5) is 14.0. The van der Waals surface area contributed by atoms with Gasteiger partial charge in [-0.25, -0.2) is 9.18 Å². The fourth-order valence-electron chi connectivity index (χ4n) is 2.45. The largest absolute Gasteiger partial charge is 0.444 e. The summed E-state index contributed by atoms with van der Waals surface area (Å²) in [6, 6.07) is 6.47. The summed E-state index contributed by atoms with van der Waals surface area (Å²) in [5.41, 5.74) is 0.541. The van der Waals surface area contributed by atoms with E-state index >= 15 is 0 Å². The number of nitrogens with one attached hydrogen (secondary N) is 1. The van der Waals surface area contributed by atoms with Crippen LogP contribution in [0.2, 0.25) is 0 Å². The average Bonchev–Trinajstić information content (AvgIpc) is 2.77. The zero-order valence-electron chi connectivity index (χ0n) is 12.9. The van der Waals surface area contributed by atoms with Crippen LogP contribution in [0.1, 0.15) is 39.2 Å². The number of hydrogen-bond acceptors (Lipinski definition) is 3. The Hall–Kier alpha value is -1.62. The molecule has 1 atom stereocenters. The summed E-state index contributed by atoms with van der Waals surface area (Å²) in [6.45, 7) is 7.14. The van der Waals surface area contributed by atoms with E-state index in [9.17, 15) is 9.18 Å². The van der Waals surface area contributed by atoms with Crippen molar-refractivity contribution in [2.75, 3.05) is 6.54 Å². The fraction of sp³-hybridized carbons (Fsp3) is 0.562. The van der Waals surface area contributed by atoms with Gasteiger partial charge in [0.15, 0.2) is 0 Å². The molecule has 1 aromatic rings. The van der Waals surface area contributed by atoms with Gasteiger partial charge in [-0.05, 0) is 51.3 Å². The van der Waals surface area contributed by atoms with E-state index < -0.39 is 11.7 Å². The fourth-order valence-corrected chi connectivity index (χ4v) is 2.45. The van der Waals surface area contributed by atoms with Gasteiger partial charge in [-0.1, -0.05) is 12.1 Å². The number of carbonyl (C=O) groups is 1. The van der Waals surface area contributed by atoms with Gasteiger partial charge in [0, 0.05) is 13.1 Å². The number of amides is 1. The van der Waals surface area contributed by atoms with Gasteiger partial charge in [-0.15, -0.1) is 0 Å². The van der Waals surface area contributed by atoms with Crippen molar-refractivity contribution in [1.82, 2.24) is 10.2 Å². The van der Waals surface area contributed by atoms with E-state index in [-0.39, 0.29) is 12.0 Å². The van der Waals surface area contributed by atoms with Crippen LogP contribution < -0.4 is 5.32 Å². The van der Waals surface area contributed by atoms with Gasteiger partial charge >= 0.3 is 6.09 Å². The SMILES string of the molecule is CC(C)(C)OC(=O)NC1CCCN1Cc1ccc(F)cc1. The lowest BCUT2D eigenvalue weighted by molar-refractivity contribution is 0.0444. The van der Waals surface area contributed by atoms with Crippen molar-refractivity contribution in [2.45, 2.75) is 51.9 Å². The number of carbonyl (C=O) groups excluding carboxylic acids is 1. The highest BCUT2D eigenvalue weighted by molar-refractivity contribution is 5.68. The summed E-state index contributed by atoms with van der Waals surface area (Å²) < 4.78 is 18.2.